The van der Waals surface area contributed by atoms with Crippen LogP contribution in [0.3, 0.4) is 0 Å². The summed E-state index contributed by atoms with van der Waals surface area (Å²) in [5.41, 5.74) is 6.19. The molecule has 0 fully saturated rings. The highest BCUT2D eigenvalue weighted by Gasteiger charge is 2.05. The van der Waals surface area contributed by atoms with Crippen LogP contribution in [0.2, 0.25) is 5.15 Å². The third-order valence-corrected chi connectivity index (χ3v) is 1.98. The fourth-order valence-electron chi connectivity index (χ4n) is 1.12. The first-order valence-electron chi connectivity index (χ1n) is 3.42. The average Bonchev–Trinajstić information content (AvgIpc) is 2.33. The highest BCUT2D eigenvalue weighted by atomic mass is 35.5. The Morgan fingerprint density at radius 2 is 2.25 bits per heavy atom. The summed E-state index contributed by atoms with van der Waals surface area (Å²) in [6, 6.07) is 1.86. The quantitative estimate of drug-likeness (QED) is 0.461. The molecule has 2 heterocycles. The largest absolute Gasteiger partial charge is 0.384 e. The second-order valence-electron chi connectivity index (χ2n) is 2.54. The van der Waals surface area contributed by atoms with Crippen LogP contribution in [0.25, 0.3) is 11.0 Å². The topological polar surface area (TPSA) is 56.7 Å². The Hall–Kier alpha value is -1.23. The molecule has 2 rings (SSSR count). The minimum Gasteiger partial charge on any atom is -0.384 e. The number of hydrogen-bond donors (Lipinski definition) is 1. The number of halogens is 1. The minimum atomic E-state index is 0.203. The summed E-state index contributed by atoms with van der Waals surface area (Å²) >= 11 is 5.83. The number of hydrogen-bond acceptors (Lipinski definition) is 3. The van der Waals surface area contributed by atoms with Crippen molar-refractivity contribution in [2.24, 2.45) is 0 Å². The SMILES string of the molecule is Bn1ccc2c(Cl)nc(N)nc21. The molecule has 4 nitrogen and oxygen atoms in total. The second kappa shape index (κ2) is 2.38. The van der Waals surface area contributed by atoms with Crippen molar-refractivity contribution in [1.29, 1.82) is 0 Å². The number of nitrogens with zero attached hydrogens (tertiary/aromatic N) is 3. The number of rotatable bonds is 0. The monoisotopic (exact) mass is 180 g/mol. The third-order valence-electron chi connectivity index (χ3n) is 1.70. The Morgan fingerprint density at radius 1 is 1.50 bits per heavy atom. The van der Waals surface area contributed by atoms with Gasteiger partial charge in [-0.3, -0.25) is 0 Å². The molecule has 12 heavy (non-hydrogen) atoms. The molecule has 0 aliphatic heterocycles. The van der Waals surface area contributed by atoms with E-state index in [9.17, 15) is 0 Å². The van der Waals surface area contributed by atoms with Gasteiger partial charge in [-0.25, -0.2) is 4.98 Å². The molecule has 0 bridgehead atoms. The van der Waals surface area contributed by atoms with Gasteiger partial charge in [0.2, 0.25) is 13.9 Å². The molecule has 0 unspecified atom stereocenters. The van der Waals surface area contributed by atoms with Gasteiger partial charge < -0.3 is 10.2 Å². The van der Waals surface area contributed by atoms with Crippen molar-refractivity contribution in [2.45, 2.75) is 0 Å². The smallest absolute Gasteiger partial charge is 0.224 e. The summed E-state index contributed by atoms with van der Waals surface area (Å²) in [6.07, 6.45) is 1.87. The van der Waals surface area contributed by atoms with Gasteiger partial charge in [0, 0.05) is 0 Å². The van der Waals surface area contributed by atoms with E-state index in [0.717, 1.165) is 11.0 Å². The van der Waals surface area contributed by atoms with Gasteiger partial charge in [0.25, 0.3) is 0 Å². The summed E-state index contributed by atoms with van der Waals surface area (Å²) in [6.45, 7) is 0. The third kappa shape index (κ3) is 0.938. The first kappa shape index (κ1) is 7.43. The Morgan fingerprint density at radius 3 is 3.00 bits per heavy atom. The van der Waals surface area contributed by atoms with Crippen molar-refractivity contribution in [2.75, 3.05) is 5.73 Å². The van der Waals surface area contributed by atoms with Gasteiger partial charge >= 0.3 is 0 Å². The molecular weight excluding hydrogens is 174 g/mol. The van der Waals surface area contributed by atoms with Crippen molar-refractivity contribution >= 4 is 36.6 Å². The van der Waals surface area contributed by atoms with Gasteiger partial charge in [0.15, 0.2) is 0 Å². The number of nitrogens with two attached hydrogens (primary N) is 1. The Balaban J connectivity index is 2.92. The maximum absolute atomic E-state index is 5.83. The number of nitrogen functional groups attached to an aromatic ring is 1. The van der Waals surface area contributed by atoms with Gasteiger partial charge in [-0.15, -0.1) is 0 Å². The van der Waals surface area contributed by atoms with Crippen molar-refractivity contribution < 1.29 is 0 Å². The summed E-state index contributed by atoms with van der Waals surface area (Å²) in [5, 5.41) is 1.23. The summed E-state index contributed by atoms with van der Waals surface area (Å²) in [5.74, 6) is 0.203. The minimum absolute atomic E-state index is 0.203. The van der Waals surface area contributed by atoms with Crippen molar-refractivity contribution in [1.82, 2.24) is 14.4 Å². The highest BCUT2D eigenvalue weighted by Crippen LogP contribution is 2.20. The van der Waals surface area contributed by atoms with Crippen LogP contribution in [0, 0.1) is 0 Å². The molecular formula is C6H6BClN4. The maximum Gasteiger partial charge on any atom is 0.224 e. The molecule has 0 amide bonds. The zero-order chi connectivity index (χ0) is 8.72. The van der Waals surface area contributed by atoms with E-state index in [4.69, 9.17) is 17.3 Å². The van der Waals surface area contributed by atoms with Gasteiger partial charge in [0.1, 0.15) is 10.8 Å². The lowest BCUT2D eigenvalue weighted by Crippen LogP contribution is -1.98. The van der Waals surface area contributed by atoms with E-state index in [2.05, 4.69) is 9.97 Å². The molecule has 60 valence electrons. The lowest BCUT2D eigenvalue weighted by atomic mass is 10.4. The van der Waals surface area contributed by atoms with Crippen LogP contribution < -0.4 is 5.73 Å². The maximum atomic E-state index is 5.83. The zero-order valence-electron chi connectivity index (χ0n) is 6.45. The number of aromatic nitrogens is 3. The first-order chi connectivity index (χ1) is 5.68. The lowest BCUT2D eigenvalue weighted by Gasteiger charge is -1.97. The fraction of sp³-hybridized carbons (Fsp3) is 0. The van der Waals surface area contributed by atoms with Crippen LogP contribution in [0.4, 0.5) is 5.95 Å². The molecule has 0 aliphatic carbocycles. The van der Waals surface area contributed by atoms with Crippen LogP contribution in [0.5, 0.6) is 0 Å². The molecule has 0 aliphatic rings. The van der Waals surface area contributed by atoms with Gasteiger partial charge in [0.05, 0.1) is 5.39 Å². The predicted octanol–water partition coefficient (Wildman–Crippen LogP) is 0.0631. The summed E-state index contributed by atoms with van der Waals surface area (Å²) < 4.78 is 1.85. The Labute approximate surface area is 74.8 Å². The first-order valence-corrected chi connectivity index (χ1v) is 3.80. The van der Waals surface area contributed by atoms with Crippen LogP contribution >= 0.6 is 11.6 Å². The fourth-order valence-corrected chi connectivity index (χ4v) is 1.35. The van der Waals surface area contributed by atoms with Crippen molar-refractivity contribution in [3.8, 4) is 0 Å². The van der Waals surface area contributed by atoms with Gasteiger partial charge in [-0.1, -0.05) is 11.6 Å². The van der Waals surface area contributed by atoms with Gasteiger partial charge in [-0.2, -0.15) is 4.98 Å². The normalized spacial score (nSPS) is 10.8. The van der Waals surface area contributed by atoms with E-state index in [1.807, 2.05) is 24.7 Å². The summed E-state index contributed by atoms with van der Waals surface area (Å²) in [4.78, 5) is 7.88. The number of anilines is 1. The molecule has 6 heteroatoms. The Bertz CT molecular complexity index is 438. The van der Waals surface area contributed by atoms with E-state index < -0.39 is 0 Å². The molecule has 0 spiro atoms. The molecule has 2 N–H and O–H groups in total. The molecule has 2 aromatic rings. The van der Waals surface area contributed by atoms with Gasteiger partial charge in [-0.05, 0) is 12.3 Å². The second-order valence-corrected chi connectivity index (χ2v) is 2.89. The van der Waals surface area contributed by atoms with Crippen LogP contribution in [0.1, 0.15) is 0 Å². The average molecular weight is 180 g/mol. The van der Waals surface area contributed by atoms with Crippen molar-refractivity contribution in [3.63, 3.8) is 0 Å². The van der Waals surface area contributed by atoms with E-state index in [0.29, 0.717) is 5.15 Å². The summed E-state index contributed by atoms with van der Waals surface area (Å²) in [7, 11) is 1.88. The Kier molecular flexibility index (Phi) is 1.47. The highest BCUT2D eigenvalue weighted by molar-refractivity contribution is 6.34. The predicted molar refractivity (Wildman–Crippen MR) is 50.9 cm³/mol. The lowest BCUT2D eigenvalue weighted by molar-refractivity contribution is 1.18. The van der Waals surface area contributed by atoms with Crippen LogP contribution in [0.15, 0.2) is 12.3 Å². The number of fused-ring (bicyclic) bond motifs is 1. The standard InChI is InChI=1S/C6H6BClN4/c7-12-2-1-3-4(8)10-6(9)11-5(3)12/h1-2H,7H2,(H2,9,10,11). The van der Waals surface area contributed by atoms with E-state index >= 15 is 0 Å². The molecule has 0 aromatic carbocycles. The molecule has 0 radical (unpaired) electrons. The molecule has 0 atom stereocenters. The zero-order valence-corrected chi connectivity index (χ0v) is 7.21. The molecule has 0 saturated heterocycles. The van der Waals surface area contributed by atoms with E-state index in [1.54, 1.807) is 0 Å². The van der Waals surface area contributed by atoms with E-state index in [1.165, 1.54) is 0 Å². The molecule has 2 aromatic heterocycles. The molecule has 0 saturated carbocycles. The van der Waals surface area contributed by atoms with E-state index in [-0.39, 0.29) is 5.95 Å². The van der Waals surface area contributed by atoms with Crippen LogP contribution in [-0.2, 0) is 0 Å². The van der Waals surface area contributed by atoms with Crippen LogP contribution in [-0.4, -0.2) is 22.4 Å². The van der Waals surface area contributed by atoms with Crippen molar-refractivity contribution in [3.05, 3.63) is 17.4 Å².